The van der Waals surface area contributed by atoms with Crippen LogP contribution in [0.3, 0.4) is 0 Å². The van der Waals surface area contributed by atoms with Crippen LogP contribution in [0, 0.1) is 13.8 Å². The van der Waals surface area contributed by atoms with E-state index in [2.05, 4.69) is 40.2 Å². The standard InChI is InChI=1S/C19H20N8S/c1-13-9-14(2)27(24-13)17-10-16(21-12-22-17)25-4-6-26(7-5-25)19-18-15(3-8-28-18)20-11-23-19/h3,8-12H,4-7H2,1-2H3. The molecule has 5 heterocycles. The number of anilines is 2. The molecule has 1 fully saturated rings. The van der Waals surface area contributed by atoms with Gasteiger partial charge >= 0.3 is 0 Å². The molecule has 142 valence electrons. The van der Waals surface area contributed by atoms with Gasteiger partial charge in [0, 0.05) is 37.9 Å². The van der Waals surface area contributed by atoms with Crippen LogP contribution >= 0.6 is 11.3 Å². The van der Waals surface area contributed by atoms with E-state index in [1.165, 1.54) is 0 Å². The third-order valence-corrected chi connectivity index (χ3v) is 5.89. The summed E-state index contributed by atoms with van der Waals surface area (Å²) in [5.74, 6) is 2.76. The van der Waals surface area contributed by atoms with E-state index in [1.54, 1.807) is 24.0 Å². The minimum atomic E-state index is 0.800. The summed E-state index contributed by atoms with van der Waals surface area (Å²) >= 11 is 1.70. The molecule has 0 bridgehead atoms. The second-order valence-electron chi connectivity index (χ2n) is 6.88. The van der Waals surface area contributed by atoms with Crippen molar-refractivity contribution >= 4 is 33.2 Å². The Morgan fingerprint density at radius 1 is 0.857 bits per heavy atom. The van der Waals surface area contributed by atoms with Gasteiger partial charge < -0.3 is 9.80 Å². The summed E-state index contributed by atoms with van der Waals surface area (Å²) in [6.07, 6.45) is 3.27. The molecule has 8 nitrogen and oxygen atoms in total. The molecule has 0 saturated carbocycles. The average molecular weight is 392 g/mol. The number of hydrogen-bond acceptors (Lipinski definition) is 8. The van der Waals surface area contributed by atoms with Crippen LogP contribution in [0.2, 0.25) is 0 Å². The average Bonchev–Trinajstić information content (AvgIpc) is 3.34. The topological polar surface area (TPSA) is 75.9 Å². The SMILES string of the molecule is Cc1cc(C)n(-c2cc(N3CCN(c4ncnc5ccsc45)CC3)ncn2)n1. The van der Waals surface area contributed by atoms with Crippen molar-refractivity contribution in [3.63, 3.8) is 0 Å². The fraction of sp³-hybridized carbons (Fsp3) is 0.316. The molecule has 5 rings (SSSR count). The van der Waals surface area contributed by atoms with Crippen LogP contribution in [-0.4, -0.2) is 55.9 Å². The summed E-state index contributed by atoms with van der Waals surface area (Å²) in [6.45, 7) is 7.57. The summed E-state index contributed by atoms with van der Waals surface area (Å²) in [5, 5.41) is 6.60. The van der Waals surface area contributed by atoms with E-state index >= 15 is 0 Å². The van der Waals surface area contributed by atoms with Gasteiger partial charge in [-0.1, -0.05) is 0 Å². The van der Waals surface area contributed by atoms with Crippen molar-refractivity contribution < 1.29 is 0 Å². The predicted octanol–water partition coefficient (Wildman–Crippen LogP) is 2.61. The van der Waals surface area contributed by atoms with Gasteiger partial charge in [0.1, 0.15) is 24.3 Å². The Bertz CT molecular complexity index is 1130. The summed E-state index contributed by atoms with van der Waals surface area (Å²) in [4.78, 5) is 22.4. The first-order valence-corrected chi connectivity index (χ1v) is 10.1. The largest absolute Gasteiger partial charge is 0.353 e. The van der Waals surface area contributed by atoms with Gasteiger partial charge in [-0.2, -0.15) is 5.10 Å². The molecule has 0 N–H and O–H groups in total. The van der Waals surface area contributed by atoms with Crippen molar-refractivity contribution in [3.8, 4) is 5.82 Å². The second-order valence-corrected chi connectivity index (χ2v) is 7.80. The molecule has 0 aromatic carbocycles. The predicted molar refractivity (Wildman–Crippen MR) is 110 cm³/mol. The van der Waals surface area contributed by atoms with Gasteiger partial charge in [0.2, 0.25) is 0 Å². The molecule has 28 heavy (non-hydrogen) atoms. The minimum Gasteiger partial charge on any atom is -0.353 e. The Hall–Kier alpha value is -3.07. The van der Waals surface area contributed by atoms with Crippen LogP contribution in [0.15, 0.2) is 36.2 Å². The van der Waals surface area contributed by atoms with Gasteiger partial charge in [-0.05, 0) is 31.4 Å². The fourth-order valence-electron chi connectivity index (χ4n) is 3.64. The van der Waals surface area contributed by atoms with Gasteiger partial charge in [0.15, 0.2) is 5.82 Å². The Morgan fingerprint density at radius 2 is 1.61 bits per heavy atom. The highest BCUT2D eigenvalue weighted by Crippen LogP contribution is 2.29. The van der Waals surface area contributed by atoms with E-state index in [0.717, 1.165) is 65.2 Å². The molecule has 0 atom stereocenters. The zero-order valence-electron chi connectivity index (χ0n) is 15.8. The van der Waals surface area contributed by atoms with Crippen LogP contribution in [0.25, 0.3) is 16.0 Å². The number of aryl methyl sites for hydroxylation is 2. The lowest BCUT2D eigenvalue weighted by atomic mass is 10.3. The first kappa shape index (κ1) is 17.1. The van der Waals surface area contributed by atoms with E-state index in [4.69, 9.17) is 0 Å². The Morgan fingerprint density at radius 3 is 2.39 bits per heavy atom. The normalized spacial score (nSPS) is 14.8. The van der Waals surface area contributed by atoms with Crippen LogP contribution in [0.4, 0.5) is 11.6 Å². The molecular formula is C19H20N8S. The van der Waals surface area contributed by atoms with Gasteiger partial charge in [-0.15, -0.1) is 11.3 Å². The van der Waals surface area contributed by atoms with E-state index in [9.17, 15) is 0 Å². The van der Waals surface area contributed by atoms with E-state index in [-0.39, 0.29) is 0 Å². The third kappa shape index (κ3) is 2.97. The lowest BCUT2D eigenvalue weighted by Gasteiger charge is -2.36. The number of fused-ring (bicyclic) bond motifs is 1. The highest BCUT2D eigenvalue weighted by molar-refractivity contribution is 7.17. The summed E-state index contributed by atoms with van der Waals surface area (Å²) in [7, 11) is 0. The van der Waals surface area contributed by atoms with Crippen LogP contribution in [-0.2, 0) is 0 Å². The zero-order valence-corrected chi connectivity index (χ0v) is 16.6. The van der Waals surface area contributed by atoms with Crippen LogP contribution in [0.5, 0.6) is 0 Å². The number of piperazine rings is 1. The summed E-state index contributed by atoms with van der Waals surface area (Å²) < 4.78 is 3.02. The lowest BCUT2D eigenvalue weighted by Crippen LogP contribution is -2.47. The maximum absolute atomic E-state index is 4.54. The quantitative estimate of drug-likeness (QED) is 0.530. The van der Waals surface area contributed by atoms with Gasteiger partial charge in [-0.25, -0.2) is 24.6 Å². The molecule has 1 saturated heterocycles. The molecular weight excluding hydrogens is 372 g/mol. The highest BCUT2D eigenvalue weighted by Gasteiger charge is 2.22. The second kappa shape index (κ2) is 6.83. The fourth-order valence-corrected chi connectivity index (χ4v) is 4.50. The molecule has 0 amide bonds. The number of hydrogen-bond donors (Lipinski definition) is 0. The van der Waals surface area contributed by atoms with Crippen molar-refractivity contribution in [2.24, 2.45) is 0 Å². The van der Waals surface area contributed by atoms with Crippen molar-refractivity contribution in [2.45, 2.75) is 13.8 Å². The summed E-state index contributed by atoms with van der Waals surface area (Å²) in [6, 6.07) is 6.10. The monoisotopic (exact) mass is 392 g/mol. The van der Waals surface area contributed by atoms with Crippen molar-refractivity contribution in [1.29, 1.82) is 0 Å². The lowest BCUT2D eigenvalue weighted by molar-refractivity contribution is 0.641. The molecule has 9 heteroatoms. The van der Waals surface area contributed by atoms with Crippen molar-refractivity contribution in [2.75, 3.05) is 36.0 Å². The number of nitrogens with zero attached hydrogens (tertiary/aromatic N) is 8. The maximum Gasteiger partial charge on any atom is 0.159 e. The first-order valence-electron chi connectivity index (χ1n) is 9.23. The van der Waals surface area contributed by atoms with E-state index < -0.39 is 0 Å². The maximum atomic E-state index is 4.54. The first-order chi connectivity index (χ1) is 13.7. The van der Waals surface area contributed by atoms with Gasteiger partial charge in [0.05, 0.1) is 15.9 Å². The summed E-state index contributed by atoms with van der Waals surface area (Å²) in [5.41, 5.74) is 3.06. The molecule has 1 aliphatic rings. The van der Waals surface area contributed by atoms with E-state index in [0.29, 0.717) is 0 Å². The van der Waals surface area contributed by atoms with Crippen molar-refractivity contribution in [3.05, 3.63) is 47.6 Å². The smallest absolute Gasteiger partial charge is 0.159 e. The molecule has 0 aliphatic carbocycles. The number of thiophene rings is 1. The zero-order chi connectivity index (χ0) is 19.1. The Labute approximate surface area is 166 Å². The van der Waals surface area contributed by atoms with Crippen LogP contribution in [0.1, 0.15) is 11.4 Å². The van der Waals surface area contributed by atoms with Gasteiger partial charge in [0.25, 0.3) is 0 Å². The number of aromatic nitrogens is 6. The van der Waals surface area contributed by atoms with Gasteiger partial charge in [-0.3, -0.25) is 0 Å². The number of rotatable bonds is 3. The molecule has 0 unspecified atom stereocenters. The van der Waals surface area contributed by atoms with Crippen LogP contribution < -0.4 is 9.80 Å². The highest BCUT2D eigenvalue weighted by atomic mass is 32.1. The van der Waals surface area contributed by atoms with Crippen molar-refractivity contribution in [1.82, 2.24) is 29.7 Å². The molecule has 4 aromatic rings. The molecule has 0 radical (unpaired) electrons. The minimum absolute atomic E-state index is 0.800. The molecule has 1 aliphatic heterocycles. The molecule has 4 aromatic heterocycles. The Kier molecular flexibility index (Phi) is 4.16. The molecule has 0 spiro atoms. The van der Waals surface area contributed by atoms with E-state index in [1.807, 2.05) is 36.7 Å². The Balaban J connectivity index is 1.35. The third-order valence-electron chi connectivity index (χ3n) is 4.99.